The van der Waals surface area contributed by atoms with Gasteiger partial charge < -0.3 is 5.32 Å². The van der Waals surface area contributed by atoms with Gasteiger partial charge in [0.2, 0.25) is 5.91 Å². The first kappa shape index (κ1) is 17.6. The second kappa shape index (κ2) is 8.25. The van der Waals surface area contributed by atoms with Crippen LogP contribution in [0.4, 0.5) is 5.69 Å². The van der Waals surface area contributed by atoms with E-state index in [-0.39, 0.29) is 5.91 Å². The number of amides is 1. The van der Waals surface area contributed by atoms with Crippen LogP contribution in [0.2, 0.25) is 0 Å². The smallest absolute Gasteiger partial charge is 0.238 e. The lowest BCUT2D eigenvalue weighted by molar-refractivity contribution is -0.117. The van der Waals surface area contributed by atoms with Gasteiger partial charge in [0.05, 0.1) is 10.3 Å². The van der Waals surface area contributed by atoms with Gasteiger partial charge in [0.15, 0.2) is 0 Å². The lowest BCUT2D eigenvalue weighted by Crippen LogP contribution is -2.48. The van der Waals surface area contributed by atoms with E-state index in [9.17, 15) is 4.79 Å². The van der Waals surface area contributed by atoms with Gasteiger partial charge in [0, 0.05) is 43.3 Å². The molecule has 1 saturated heterocycles. The summed E-state index contributed by atoms with van der Waals surface area (Å²) in [5.41, 5.74) is 2.00. The van der Waals surface area contributed by atoms with Crippen molar-refractivity contribution in [3.63, 3.8) is 0 Å². The number of halogens is 1. The Labute approximate surface area is 155 Å². The van der Waals surface area contributed by atoms with Crippen molar-refractivity contribution in [3.05, 3.63) is 50.6 Å². The Morgan fingerprint density at radius 2 is 1.83 bits per heavy atom. The third kappa shape index (κ3) is 4.89. The fraction of sp³-hybridized carbons (Fsp3) is 0.389. The molecular formula is C18H22BrN3OS. The minimum atomic E-state index is 0.0694. The van der Waals surface area contributed by atoms with Crippen LogP contribution in [-0.2, 0) is 11.3 Å². The maximum atomic E-state index is 12.2. The number of hydrogen-bond acceptors (Lipinski definition) is 4. The molecule has 6 heteroatoms. The second-order valence-electron chi connectivity index (χ2n) is 6.12. The van der Waals surface area contributed by atoms with Crippen LogP contribution in [0.15, 0.2) is 40.2 Å². The standard InChI is InChI=1S/C18H22BrN3OS/c1-14-4-2-3-5-16(14)20-18(23)13-22-10-8-21(9-11-22)12-15-6-7-17(19)24-15/h2-7H,8-13H2,1H3,(H,20,23). The maximum absolute atomic E-state index is 12.2. The van der Waals surface area contributed by atoms with Gasteiger partial charge >= 0.3 is 0 Å². The summed E-state index contributed by atoms with van der Waals surface area (Å²) in [6, 6.07) is 12.2. The van der Waals surface area contributed by atoms with Crippen molar-refractivity contribution < 1.29 is 4.79 Å². The van der Waals surface area contributed by atoms with Crippen LogP contribution in [0, 0.1) is 6.92 Å². The largest absolute Gasteiger partial charge is 0.325 e. The van der Waals surface area contributed by atoms with Crippen LogP contribution in [0.25, 0.3) is 0 Å². The molecule has 0 saturated carbocycles. The molecule has 1 aromatic carbocycles. The lowest BCUT2D eigenvalue weighted by atomic mass is 10.2. The molecule has 4 nitrogen and oxygen atoms in total. The molecule has 1 fully saturated rings. The summed E-state index contributed by atoms with van der Waals surface area (Å²) in [5, 5.41) is 3.01. The molecule has 0 spiro atoms. The number of hydrogen-bond donors (Lipinski definition) is 1. The molecule has 0 aliphatic carbocycles. The normalized spacial score (nSPS) is 16.2. The number of carbonyl (C=O) groups is 1. The van der Waals surface area contributed by atoms with E-state index in [1.807, 2.05) is 31.2 Å². The zero-order chi connectivity index (χ0) is 16.9. The Morgan fingerprint density at radius 1 is 1.12 bits per heavy atom. The minimum Gasteiger partial charge on any atom is -0.325 e. The number of thiophene rings is 1. The van der Waals surface area contributed by atoms with E-state index in [0.717, 1.165) is 44.0 Å². The van der Waals surface area contributed by atoms with Gasteiger partial charge in [0.25, 0.3) is 0 Å². The molecule has 24 heavy (non-hydrogen) atoms. The molecule has 1 N–H and O–H groups in total. The maximum Gasteiger partial charge on any atom is 0.238 e. The molecule has 1 aliphatic rings. The Bertz CT molecular complexity index is 695. The van der Waals surface area contributed by atoms with Gasteiger partial charge in [0.1, 0.15) is 0 Å². The van der Waals surface area contributed by atoms with Crippen LogP contribution >= 0.6 is 27.3 Å². The number of nitrogens with zero attached hydrogens (tertiary/aromatic N) is 2. The summed E-state index contributed by atoms with van der Waals surface area (Å²) in [6.07, 6.45) is 0. The van der Waals surface area contributed by atoms with E-state index in [1.165, 1.54) is 8.66 Å². The van der Waals surface area contributed by atoms with Crippen molar-refractivity contribution in [2.75, 3.05) is 38.0 Å². The van der Waals surface area contributed by atoms with Gasteiger partial charge in [-0.25, -0.2) is 0 Å². The minimum absolute atomic E-state index is 0.0694. The first-order chi connectivity index (χ1) is 11.6. The fourth-order valence-corrected chi connectivity index (χ4v) is 4.39. The van der Waals surface area contributed by atoms with Crippen molar-refractivity contribution in [1.29, 1.82) is 0 Å². The van der Waals surface area contributed by atoms with Gasteiger partial charge in [-0.05, 0) is 46.6 Å². The highest BCUT2D eigenvalue weighted by atomic mass is 79.9. The molecule has 128 valence electrons. The second-order valence-corrected chi connectivity index (χ2v) is 8.67. The third-order valence-electron chi connectivity index (χ3n) is 4.26. The van der Waals surface area contributed by atoms with Gasteiger partial charge in [-0.1, -0.05) is 18.2 Å². The average Bonchev–Trinajstić information content (AvgIpc) is 2.96. The van der Waals surface area contributed by atoms with Crippen molar-refractivity contribution in [1.82, 2.24) is 9.80 Å². The van der Waals surface area contributed by atoms with Crippen LogP contribution in [-0.4, -0.2) is 48.4 Å². The predicted molar refractivity (Wildman–Crippen MR) is 104 cm³/mol. The highest BCUT2D eigenvalue weighted by Crippen LogP contribution is 2.23. The monoisotopic (exact) mass is 407 g/mol. The molecule has 0 unspecified atom stereocenters. The number of nitrogens with one attached hydrogen (secondary N) is 1. The molecule has 1 aliphatic heterocycles. The molecule has 1 aromatic heterocycles. The van der Waals surface area contributed by atoms with E-state index in [0.29, 0.717) is 6.54 Å². The van der Waals surface area contributed by atoms with E-state index in [4.69, 9.17) is 0 Å². The Hall–Kier alpha value is -1.21. The Balaban J connectivity index is 1.43. The number of para-hydroxylation sites is 1. The van der Waals surface area contributed by atoms with Gasteiger partial charge in [-0.2, -0.15) is 0 Å². The zero-order valence-corrected chi connectivity index (χ0v) is 16.2. The number of piperazine rings is 1. The molecule has 0 atom stereocenters. The van der Waals surface area contributed by atoms with Crippen molar-refractivity contribution in [3.8, 4) is 0 Å². The predicted octanol–water partition coefficient (Wildman–Crippen LogP) is 3.58. The fourth-order valence-electron chi connectivity index (χ4n) is 2.87. The third-order valence-corrected chi connectivity index (χ3v) is 5.87. The van der Waals surface area contributed by atoms with E-state index >= 15 is 0 Å². The van der Waals surface area contributed by atoms with Gasteiger partial charge in [-0.15, -0.1) is 11.3 Å². The Kier molecular flexibility index (Phi) is 6.05. The van der Waals surface area contributed by atoms with Crippen LogP contribution in [0.3, 0.4) is 0 Å². The van der Waals surface area contributed by atoms with Crippen molar-refractivity contribution in [2.24, 2.45) is 0 Å². The molecule has 2 heterocycles. The SMILES string of the molecule is Cc1ccccc1NC(=O)CN1CCN(Cc2ccc(Br)s2)CC1. The van der Waals surface area contributed by atoms with Crippen LogP contribution < -0.4 is 5.32 Å². The molecule has 1 amide bonds. The summed E-state index contributed by atoms with van der Waals surface area (Å²) in [6.45, 7) is 7.37. The molecule has 2 aromatic rings. The summed E-state index contributed by atoms with van der Waals surface area (Å²) in [7, 11) is 0. The number of carbonyl (C=O) groups excluding carboxylic acids is 1. The first-order valence-corrected chi connectivity index (χ1v) is 9.75. The quantitative estimate of drug-likeness (QED) is 0.822. The van der Waals surface area contributed by atoms with Crippen LogP contribution in [0.1, 0.15) is 10.4 Å². The topological polar surface area (TPSA) is 35.6 Å². The molecule has 0 bridgehead atoms. The molecular weight excluding hydrogens is 386 g/mol. The van der Waals surface area contributed by atoms with E-state index in [2.05, 4.69) is 43.2 Å². The van der Waals surface area contributed by atoms with E-state index in [1.54, 1.807) is 11.3 Å². The van der Waals surface area contributed by atoms with Crippen molar-refractivity contribution >= 4 is 38.9 Å². The number of aryl methyl sites for hydroxylation is 1. The number of benzene rings is 1. The molecule has 3 rings (SSSR count). The summed E-state index contributed by atoms with van der Waals surface area (Å²) in [4.78, 5) is 18.3. The summed E-state index contributed by atoms with van der Waals surface area (Å²) < 4.78 is 1.18. The van der Waals surface area contributed by atoms with Crippen LogP contribution in [0.5, 0.6) is 0 Å². The average molecular weight is 408 g/mol. The summed E-state index contributed by atoms with van der Waals surface area (Å²) in [5.74, 6) is 0.0694. The van der Waals surface area contributed by atoms with Crippen molar-refractivity contribution in [2.45, 2.75) is 13.5 Å². The summed E-state index contributed by atoms with van der Waals surface area (Å²) >= 11 is 5.31. The first-order valence-electron chi connectivity index (χ1n) is 8.14. The van der Waals surface area contributed by atoms with Gasteiger partial charge in [-0.3, -0.25) is 14.6 Å². The highest BCUT2D eigenvalue weighted by Gasteiger charge is 2.19. The number of anilines is 1. The molecule has 0 radical (unpaired) electrons. The highest BCUT2D eigenvalue weighted by molar-refractivity contribution is 9.11. The lowest BCUT2D eigenvalue weighted by Gasteiger charge is -2.34. The number of rotatable bonds is 5. The van der Waals surface area contributed by atoms with E-state index < -0.39 is 0 Å². The zero-order valence-electron chi connectivity index (χ0n) is 13.8. The Morgan fingerprint density at radius 3 is 2.50 bits per heavy atom.